The summed E-state index contributed by atoms with van der Waals surface area (Å²) < 4.78 is 0. The van der Waals surface area contributed by atoms with Crippen LogP contribution in [0.4, 0.5) is 5.13 Å². The molecule has 0 saturated heterocycles. The lowest BCUT2D eigenvalue weighted by Gasteiger charge is -2.36. The molecule has 0 aliphatic heterocycles. The van der Waals surface area contributed by atoms with Crippen LogP contribution in [-0.2, 0) is 24.8 Å². The molecular weight excluding hydrogens is 466 g/mol. The molecule has 35 heavy (non-hydrogen) atoms. The minimum atomic E-state index is -0.773. The van der Waals surface area contributed by atoms with E-state index in [0.29, 0.717) is 10.5 Å². The summed E-state index contributed by atoms with van der Waals surface area (Å²) in [7, 11) is 0. The summed E-state index contributed by atoms with van der Waals surface area (Å²) in [6, 6.07) is 30.2. The van der Waals surface area contributed by atoms with Gasteiger partial charge in [0, 0.05) is 13.8 Å². The zero-order valence-electron chi connectivity index (χ0n) is 19.1. The van der Waals surface area contributed by atoms with E-state index in [1.54, 1.807) is 5.38 Å². The molecule has 4 aromatic rings. The smallest absolute Gasteiger partial charge is 0.329 e. The highest BCUT2D eigenvalue weighted by molar-refractivity contribution is 7.13. The third kappa shape index (κ3) is 5.65. The molecule has 8 nitrogen and oxygen atoms in total. The largest absolute Gasteiger partial charge is 0.344 e. The van der Waals surface area contributed by atoms with Crippen LogP contribution in [0.5, 0.6) is 5.88 Å². The molecule has 1 N–H and O–H groups in total. The highest BCUT2D eigenvalue weighted by Crippen LogP contribution is 2.41. The molecule has 1 aromatic heterocycles. The van der Waals surface area contributed by atoms with E-state index in [9.17, 15) is 9.59 Å². The molecule has 0 fully saturated rings. The Balaban J connectivity index is 1.75. The molecule has 1 heterocycles. The van der Waals surface area contributed by atoms with Crippen LogP contribution in [0.15, 0.2) is 96.4 Å². The molecule has 0 aliphatic rings. The molecule has 0 atom stereocenters. The zero-order chi connectivity index (χ0) is 24.7. The van der Waals surface area contributed by atoms with Crippen molar-refractivity contribution in [3.05, 3.63) is 113 Å². The van der Waals surface area contributed by atoms with Crippen molar-refractivity contribution in [3.8, 4) is 5.88 Å². The lowest BCUT2D eigenvalue weighted by atomic mass is 9.77. The van der Waals surface area contributed by atoms with Gasteiger partial charge in [-0.1, -0.05) is 91.0 Å². The van der Waals surface area contributed by atoms with Gasteiger partial charge in [-0.05, 0) is 16.7 Å². The first kappa shape index (κ1) is 23.9. The van der Waals surface area contributed by atoms with Crippen molar-refractivity contribution in [2.75, 3.05) is 5.32 Å². The Kier molecular flexibility index (Phi) is 7.39. The molecule has 178 valence electrons. The number of rotatable bonds is 9. The summed E-state index contributed by atoms with van der Waals surface area (Å²) in [5.41, 5.74) is 2.26. The number of nitrogens with one attached hydrogen (secondary N) is 1. The Labute approximate surface area is 206 Å². The predicted molar refractivity (Wildman–Crippen MR) is 131 cm³/mol. The van der Waals surface area contributed by atoms with E-state index in [1.807, 2.05) is 54.6 Å². The number of carbonyl (C=O) groups is 2. The lowest BCUT2D eigenvalue weighted by Crippen LogP contribution is -2.38. The zero-order valence-corrected chi connectivity index (χ0v) is 19.9. The number of hydrogen-bond acceptors (Lipinski definition) is 9. The van der Waals surface area contributed by atoms with Crippen LogP contribution in [0.1, 0.15) is 30.5 Å². The van der Waals surface area contributed by atoms with Gasteiger partial charge >= 0.3 is 11.9 Å². The monoisotopic (exact) mass is 489 g/mol. The molecule has 3 aromatic carbocycles. The summed E-state index contributed by atoms with van der Waals surface area (Å²) >= 11 is 1.29. The molecule has 0 aliphatic carbocycles. The Morgan fingerprint density at radius 2 is 1.20 bits per heavy atom. The summed E-state index contributed by atoms with van der Waals surface area (Å²) in [6.07, 6.45) is 0. The number of hydrogen-bond donors (Lipinski definition) is 1. The van der Waals surface area contributed by atoms with Crippen molar-refractivity contribution in [1.29, 1.82) is 0 Å². The van der Waals surface area contributed by atoms with E-state index < -0.39 is 17.5 Å². The molecule has 0 bridgehead atoms. The molecule has 0 saturated carbocycles. The number of benzene rings is 3. The van der Waals surface area contributed by atoms with Gasteiger partial charge in [0.25, 0.3) is 5.88 Å². The number of carbonyl (C=O) groups excluding carboxylic acids is 2. The standard InChI is InChI=1S/C26H23N3O5S/c1-19(30)32-29(33-20(2)31)34-24-18-35-25(27-24)28-26(21-12-6-3-7-13-21,22-14-8-4-9-15-22)23-16-10-5-11-17-23/h3-18H,1-2H3,(H,27,28). The molecule has 0 unspecified atom stereocenters. The van der Waals surface area contributed by atoms with Crippen molar-refractivity contribution in [2.24, 2.45) is 0 Å². The molecule has 9 heteroatoms. The first-order valence-electron chi connectivity index (χ1n) is 10.7. The van der Waals surface area contributed by atoms with E-state index in [2.05, 4.69) is 46.7 Å². The Morgan fingerprint density at radius 1 is 0.771 bits per heavy atom. The molecule has 0 spiro atoms. The summed E-state index contributed by atoms with van der Waals surface area (Å²) in [6.45, 7) is 2.31. The SMILES string of the molecule is CC(=O)ON(OC(C)=O)Oc1csc(NC(c2ccccc2)(c2ccccc2)c2ccccc2)n1. The first-order valence-corrected chi connectivity index (χ1v) is 11.6. The summed E-state index contributed by atoms with van der Waals surface area (Å²) in [4.78, 5) is 42.0. The normalized spacial score (nSPS) is 11.1. The fourth-order valence-electron chi connectivity index (χ4n) is 3.64. The van der Waals surface area contributed by atoms with Crippen LogP contribution >= 0.6 is 11.3 Å². The maximum absolute atomic E-state index is 11.3. The van der Waals surface area contributed by atoms with Crippen LogP contribution < -0.4 is 10.2 Å². The highest BCUT2D eigenvalue weighted by Gasteiger charge is 2.37. The van der Waals surface area contributed by atoms with Gasteiger partial charge in [0.1, 0.15) is 5.54 Å². The van der Waals surface area contributed by atoms with Gasteiger partial charge in [-0.2, -0.15) is 4.98 Å². The van der Waals surface area contributed by atoms with Gasteiger partial charge in [-0.25, -0.2) is 0 Å². The maximum atomic E-state index is 11.3. The van der Waals surface area contributed by atoms with Crippen molar-refractivity contribution in [3.63, 3.8) is 0 Å². The van der Waals surface area contributed by atoms with E-state index >= 15 is 0 Å². The van der Waals surface area contributed by atoms with Crippen molar-refractivity contribution >= 4 is 28.4 Å². The summed E-state index contributed by atoms with van der Waals surface area (Å²) in [5.74, 6) is -1.38. The van der Waals surface area contributed by atoms with Gasteiger partial charge in [0.2, 0.25) is 5.39 Å². The number of nitrogens with zero attached hydrogens (tertiary/aromatic N) is 2. The van der Waals surface area contributed by atoms with Crippen molar-refractivity contribution < 1.29 is 24.1 Å². The third-order valence-corrected chi connectivity index (χ3v) is 5.71. The predicted octanol–water partition coefficient (Wildman–Crippen LogP) is 5.10. The Hall–Kier alpha value is -4.21. The van der Waals surface area contributed by atoms with E-state index in [4.69, 9.17) is 14.5 Å². The quantitative estimate of drug-likeness (QED) is 0.257. The van der Waals surface area contributed by atoms with Crippen LogP contribution in [-0.4, -0.2) is 22.3 Å². The number of anilines is 1. The van der Waals surface area contributed by atoms with Crippen molar-refractivity contribution in [2.45, 2.75) is 19.4 Å². The van der Waals surface area contributed by atoms with Crippen LogP contribution in [0.25, 0.3) is 0 Å². The van der Waals surface area contributed by atoms with Crippen LogP contribution in [0.2, 0.25) is 0 Å². The molecular formula is C26H23N3O5S. The second kappa shape index (κ2) is 10.8. The summed E-state index contributed by atoms with van der Waals surface area (Å²) in [5, 5.41) is 6.08. The Morgan fingerprint density at radius 3 is 1.60 bits per heavy atom. The van der Waals surface area contributed by atoms with Gasteiger partial charge in [-0.15, -0.1) is 11.3 Å². The fraction of sp³-hybridized carbons (Fsp3) is 0.115. The average Bonchev–Trinajstić information content (AvgIpc) is 3.30. The first-order chi connectivity index (χ1) is 17.0. The second-order valence-corrected chi connectivity index (χ2v) is 8.30. The molecule has 4 rings (SSSR count). The minimum absolute atomic E-state index is 0.0723. The topological polar surface area (TPSA) is 90.0 Å². The van der Waals surface area contributed by atoms with Crippen LogP contribution in [0.3, 0.4) is 0 Å². The average molecular weight is 490 g/mol. The van der Waals surface area contributed by atoms with Gasteiger partial charge < -0.3 is 19.8 Å². The molecule has 0 radical (unpaired) electrons. The number of aromatic nitrogens is 1. The van der Waals surface area contributed by atoms with Crippen molar-refractivity contribution in [1.82, 2.24) is 10.4 Å². The fourth-order valence-corrected chi connectivity index (χ4v) is 4.30. The second-order valence-electron chi connectivity index (χ2n) is 7.44. The minimum Gasteiger partial charge on any atom is -0.344 e. The van der Waals surface area contributed by atoms with Gasteiger partial charge in [0.15, 0.2) is 5.13 Å². The van der Waals surface area contributed by atoms with E-state index in [-0.39, 0.29) is 5.88 Å². The van der Waals surface area contributed by atoms with Gasteiger partial charge in [-0.3, -0.25) is 9.59 Å². The molecule has 0 amide bonds. The Bertz CT molecular complexity index is 1150. The third-order valence-electron chi connectivity index (χ3n) is 4.97. The van der Waals surface area contributed by atoms with Gasteiger partial charge in [0.05, 0.1) is 5.38 Å². The van der Waals surface area contributed by atoms with E-state index in [0.717, 1.165) is 30.5 Å². The van der Waals surface area contributed by atoms with Crippen LogP contribution in [0, 0.1) is 0 Å². The number of thiazole rings is 1. The van der Waals surface area contributed by atoms with E-state index in [1.165, 1.54) is 11.3 Å². The lowest BCUT2D eigenvalue weighted by molar-refractivity contribution is -0.447. The maximum Gasteiger partial charge on any atom is 0.329 e. The highest BCUT2D eigenvalue weighted by atomic mass is 32.1.